The lowest BCUT2D eigenvalue weighted by Gasteiger charge is -2.40. The molecule has 2 aliphatic rings. The number of furan rings is 1. The molecule has 3 nitrogen and oxygen atoms in total. The number of aryl methyl sites for hydroxylation is 3. The molecule has 296 valence electrons. The monoisotopic (exact) mass is 804 g/mol. The van der Waals surface area contributed by atoms with E-state index in [2.05, 4.69) is 218 Å². The average Bonchev–Trinajstić information content (AvgIpc) is 3.97. The molecule has 2 aromatic heterocycles. The lowest BCUT2D eigenvalue weighted by molar-refractivity contribution is 0.666. The topological polar surface area (TPSA) is 21.3 Å². The number of nitrogens with zero attached hydrogens (tertiary/aromatic N) is 2. The van der Waals surface area contributed by atoms with E-state index in [4.69, 9.17) is 4.42 Å². The number of aromatic nitrogens is 1. The Balaban J connectivity index is 1.20. The number of hydrogen-bond donors (Lipinski definition) is 0. The van der Waals surface area contributed by atoms with Crippen molar-refractivity contribution < 1.29 is 4.42 Å². The van der Waals surface area contributed by atoms with E-state index in [1.807, 2.05) is 0 Å². The van der Waals surface area contributed by atoms with Gasteiger partial charge in [-0.2, -0.15) is 0 Å². The van der Waals surface area contributed by atoms with Gasteiger partial charge >= 0.3 is 0 Å². The molecule has 1 unspecified atom stereocenters. The van der Waals surface area contributed by atoms with Crippen LogP contribution in [0.3, 0.4) is 0 Å². The number of anilines is 3. The number of rotatable bonds is 3. The van der Waals surface area contributed by atoms with Gasteiger partial charge in [-0.15, -0.1) is 0 Å². The minimum atomic E-state index is -0.648. The summed E-state index contributed by atoms with van der Waals surface area (Å²) < 4.78 is 9.56. The Morgan fingerprint density at radius 3 is 1.95 bits per heavy atom. The van der Waals surface area contributed by atoms with Crippen molar-refractivity contribution >= 4 is 82.4 Å². The van der Waals surface area contributed by atoms with E-state index in [-0.39, 0.29) is 0 Å². The first-order valence-corrected chi connectivity index (χ1v) is 22.0. The maximum absolute atomic E-state index is 7.02. The van der Waals surface area contributed by atoms with Crippen LogP contribution < -0.4 is 4.90 Å². The Kier molecular flexibility index (Phi) is 6.83. The van der Waals surface area contributed by atoms with Crippen LogP contribution in [0, 0.1) is 20.8 Å². The summed E-state index contributed by atoms with van der Waals surface area (Å²) in [5.74, 6) is 0. The Morgan fingerprint density at radius 2 is 1.08 bits per heavy atom. The molecule has 3 heteroatoms. The Morgan fingerprint density at radius 1 is 0.413 bits per heavy atom. The summed E-state index contributed by atoms with van der Waals surface area (Å²) in [6.45, 7) is 6.57. The molecule has 3 heterocycles. The van der Waals surface area contributed by atoms with Gasteiger partial charge in [0, 0.05) is 32.6 Å². The van der Waals surface area contributed by atoms with Crippen LogP contribution in [-0.4, -0.2) is 4.57 Å². The first-order chi connectivity index (χ1) is 31.0. The molecule has 0 saturated carbocycles. The molecule has 1 aliphatic heterocycles. The summed E-state index contributed by atoms with van der Waals surface area (Å²) in [5.41, 5.74) is 19.5. The summed E-state index contributed by atoms with van der Waals surface area (Å²) in [5, 5.41) is 9.73. The zero-order valence-electron chi connectivity index (χ0n) is 35.2. The SMILES string of the molecule is Cc1ccc(N(c2cc3c(c4ccccc24)-c2c(ccc4ccccc24)C32c3ccccc3-n3c4ccccc4c4cccc2c43)c2cccc3c2oc2c(C)cccc23)c(C)c1. The standard InChI is InChI=1S/C60H40N2O/c1-35-29-32-50(37(3)33-35)61(53-28-14-23-45-44-22-12-15-36(2)58(44)63-59(45)53)54-34-49-56(42-20-7-6-18-40(42)54)55-39-17-5-4-16-38(39)30-31-47(55)60(49)46-24-9-11-27-52(46)62-51-26-10-8-19-41(51)43-21-13-25-48(60)57(43)62/h4-34H,1-3H3. The van der Waals surface area contributed by atoms with Crippen LogP contribution in [0.1, 0.15) is 38.9 Å². The first-order valence-electron chi connectivity index (χ1n) is 22.0. The fraction of sp³-hybridized carbons (Fsp3) is 0.0667. The minimum absolute atomic E-state index is 0.648. The summed E-state index contributed by atoms with van der Waals surface area (Å²) in [6, 6.07) is 70.5. The molecule has 1 aliphatic carbocycles. The maximum atomic E-state index is 7.02. The highest BCUT2D eigenvalue weighted by Crippen LogP contribution is 2.64. The molecule has 63 heavy (non-hydrogen) atoms. The van der Waals surface area contributed by atoms with Crippen molar-refractivity contribution in [2.75, 3.05) is 4.90 Å². The fourth-order valence-electron chi connectivity index (χ4n) is 12.0. The number of hydrogen-bond acceptors (Lipinski definition) is 2. The molecule has 1 atom stereocenters. The third kappa shape index (κ3) is 4.34. The van der Waals surface area contributed by atoms with Gasteiger partial charge in [0.05, 0.1) is 33.5 Å². The largest absolute Gasteiger partial charge is 0.454 e. The Hall–Kier alpha value is -7.88. The number of fused-ring (bicyclic) bond motifs is 19. The molecule has 1 spiro atoms. The zero-order chi connectivity index (χ0) is 41.7. The summed E-state index contributed by atoms with van der Waals surface area (Å²) in [4.78, 5) is 2.50. The van der Waals surface area contributed by atoms with E-state index >= 15 is 0 Å². The predicted molar refractivity (Wildman–Crippen MR) is 263 cm³/mol. The predicted octanol–water partition coefficient (Wildman–Crippen LogP) is 16.1. The molecule has 0 radical (unpaired) electrons. The van der Waals surface area contributed by atoms with Crippen molar-refractivity contribution in [2.45, 2.75) is 26.2 Å². The lowest BCUT2D eigenvalue weighted by Crippen LogP contribution is -2.33. The molecular weight excluding hydrogens is 765 g/mol. The average molecular weight is 805 g/mol. The van der Waals surface area contributed by atoms with E-state index in [1.54, 1.807) is 0 Å². The third-order valence-electron chi connectivity index (χ3n) is 14.4. The van der Waals surface area contributed by atoms with Crippen molar-refractivity contribution in [3.05, 3.63) is 227 Å². The molecular formula is C60H40N2O. The van der Waals surface area contributed by atoms with Gasteiger partial charge in [-0.3, -0.25) is 0 Å². The zero-order valence-corrected chi connectivity index (χ0v) is 35.2. The van der Waals surface area contributed by atoms with E-state index in [1.165, 1.54) is 93.5 Å². The highest BCUT2D eigenvalue weighted by molar-refractivity contribution is 6.19. The molecule has 0 bridgehead atoms. The van der Waals surface area contributed by atoms with E-state index < -0.39 is 5.41 Å². The van der Waals surface area contributed by atoms with Gasteiger partial charge < -0.3 is 13.9 Å². The highest BCUT2D eigenvalue weighted by Gasteiger charge is 2.52. The van der Waals surface area contributed by atoms with Gasteiger partial charge in [0.2, 0.25) is 0 Å². The Labute approximate surface area is 364 Å². The van der Waals surface area contributed by atoms with Gasteiger partial charge in [-0.1, -0.05) is 163 Å². The van der Waals surface area contributed by atoms with Crippen LogP contribution in [0.25, 0.3) is 82.1 Å². The van der Waals surface area contributed by atoms with Crippen molar-refractivity contribution in [2.24, 2.45) is 0 Å². The van der Waals surface area contributed by atoms with Crippen LogP contribution in [0.15, 0.2) is 192 Å². The van der Waals surface area contributed by atoms with Crippen molar-refractivity contribution in [1.82, 2.24) is 4.57 Å². The van der Waals surface area contributed by atoms with Gasteiger partial charge in [0.15, 0.2) is 5.58 Å². The Bertz CT molecular complexity index is 3980. The quantitative estimate of drug-likeness (QED) is 0.177. The second kappa shape index (κ2) is 12.4. The van der Waals surface area contributed by atoms with Gasteiger partial charge in [0.1, 0.15) is 5.58 Å². The van der Waals surface area contributed by atoms with Crippen molar-refractivity contribution in [3.8, 4) is 16.8 Å². The normalized spacial score (nSPS) is 15.0. The van der Waals surface area contributed by atoms with Gasteiger partial charge in [0.25, 0.3) is 0 Å². The van der Waals surface area contributed by atoms with Gasteiger partial charge in [-0.05, 0) is 112 Å². The number of benzene rings is 10. The molecule has 0 saturated heterocycles. The minimum Gasteiger partial charge on any atom is -0.454 e. The number of para-hydroxylation sites is 5. The lowest BCUT2D eigenvalue weighted by atomic mass is 9.65. The fourth-order valence-corrected chi connectivity index (χ4v) is 12.0. The molecule has 10 aromatic carbocycles. The molecule has 0 amide bonds. The van der Waals surface area contributed by atoms with Crippen LogP contribution in [0.4, 0.5) is 17.1 Å². The summed E-state index contributed by atoms with van der Waals surface area (Å²) >= 11 is 0. The van der Waals surface area contributed by atoms with E-state index in [0.717, 1.165) is 44.6 Å². The first kappa shape index (κ1) is 34.8. The molecule has 12 aromatic rings. The van der Waals surface area contributed by atoms with Crippen LogP contribution in [-0.2, 0) is 5.41 Å². The van der Waals surface area contributed by atoms with E-state index in [9.17, 15) is 0 Å². The summed E-state index contributed by atoms with van der Waals surface area (Å²) in [6.07, 6.45) is 0. The molecule has 0 N–H and O–H groups in total. The smallest absolute Gasteiger partial charge is 0.159 e. The molecule has 14 rings (SSSR count). The summed E-state index contributed by atoms with van der Waals surface area (Å²) in [7, 11) is 0. The third-order valence-corrected chi connectivity index (χ3v) is 14.4. The van der Waals surface area contributed by atoms with E-state index in [0.29, 0.717) is 0 Å². The second-order valence-electron chi connectivity index (χ2n) is 17.7. The van der Waals surface area contributed by atoms with Gasteiger partial charge in [-0.25, -0.2) is 0 Å². The van der Waals surface area contributed by atoms with Crippen LogP contribution in [0.2, 0.25) is 0 Å². The second-order valence-corrected chi connectivity index (χ2v) is 17.7. The molecule has 0 fully saturated rings. The van der Waals surface area contributed by atoms with Crippen LogP contribution in [0.5, 0.6) is 0 Å². The maximum Gasteiger partial charge on any atom is 0.159 e. The highest BCUT2D eigenvalue weighted by atomic mass is 16.3. The van der Waals surface area contributed by atoms with Crippen molar-refractivity contribution in [3.63, 3.8) is 0 Å². The van der Waals surface area contributed by atoms with Crippen LogP contribution >= 0.6 is 0 Å². The van der Waals surface area contributed by atoms with Crippen molar-refractivity contribution in [1.29, 1.82) is 0 Å².